The van der Waals surface area contributed by atoms with E-state index in [1.165, 1.54) is 0 Å². The zero-order valence-electron chi connectivity index (χ0n) is 13.4. The number of halogens is 2. The van der Waals surface area contributed by atoms with Gasteiger partial charge in [-0.25, -0.2) is 0 Å². The second kappa shape index (κ2) is 7.72. The van der Waals surface area contributed by atoms with Gasteiger partial charge in [0, 0.05) is 32.7 Å². The summed E-state index contributed by atoms with van der Waals surface area (Å²) in [5.41, 5.74) is 0.345. The molecular formula is C17H21Cl2N3O2. The lowest BCUT2D eigenvalue weighted by Crippen LogP contribution is -2.53. The fraction of sp³-hybridized carbons (Fsp3) is 0.529. The number of carbonyl (C=O) groups excluding carboxylic acids is 2. The lowest BCUT2D eigenvalue weighted by atomic mass is 9.98. The minimum atomic E-state index is -0.169. The minimum Gasteiger partial charge on any atom is -0.339 e. The first-order valence-electron chi connectivity index (χ1n) is 8.30. The molecule has 0 aromatic heterocycles. The predicted molar refractivity (Wildman–Crippen MR) is 94.5 cm³/mol. The van der Waals surface area contributed by atoms with Gasteiger partial charge in [0.25, 0.3) is 5.91 Å². The van der Waals surface area contributed by atoms with Gasteiger partial charge in [0.15, 0.2) is 0 Å². The molecule has 0 aliphatic carbocycles. The quantitative estimate of drug-likeness (QED) is 0.869. The van der Waals surface area contributed by atoms with E-state index in [4.69, 9.17) is 23.2 Å². The molecule has 24 heavy (non-hydrogen) atoms. The maximum Gasteiger partial charge on any atom is 0.257 e. The number of benzene rings is 1. The molecule has 1 aromatic carbocycles. The molecule has 0 saturated carbocycles. The van der Waals surface area contributed by atoms with E-state index in [1.54, 1.807) is 23.1 Å². The summed E-state index contributed by atoms with van der Waals surface area (Å²) in [5.74, 6) is 0.0983. The summed E-state index contributed by atoms with van der Waals surface area (Å²) in [5, 5.41) is 4.00. The molecule has 0 radical (unpaired) electrons. The second-order valence-electron chi connectivity index (χ2n) is 6.26. The number of piperidine rings is 1. The molecule has 2 fully saturated rings. The van der Waals surface area contributed by atoms with Crippen molar-refractivity contribution >= 4 is 35.0 Å². The molecule has 3 rings (SSSR count). The Morgan fingerprint density at radius 1 is 1.04 bits per heavy atom. The van der Waals surface area contributed by atoms with Gasteiger partial charge in [0.2, 0.25) is 5.91 Å². The summed E-state index contributed by atoms with van der Waals surface area (Å²) >= 11 is 12.2. The number of amides is 2. The van der Waals surface area contributed by atoms with Crippen LogP contribution in [0.5, 0.6) is 0 Å². The Hall–Kier alpha value is -1.30. The van der Waals surface area contributed by atoms with Gasteiger partial charge in [-0.15, -0.1) is 0 Å². The summed E-state index contributed by atoms with van der Waals surface area (Å²) in [7, 11) is 0. The monoisotopic (exact) mass is 369 g/mol. The zero-order chi connectivity index (χ0) is 17.1. The maximum absolute atomic E-state index is 12.7. The molecule has 2 aliphatic heterocycles. The third-order valence-corrected chi connectivity index (χ3v) is 5.33. The van der Waals surface area contributed by atoms with Crippen molar-refractivity contribution in [3.05, 3.63) is 33.8 Å². The molecule has 7 heteroatoms. The highest BCUT2D eigenvalue weighted by Crippen LogP contribution is 2.26. The van der Waals surface area contributed by atoms with Crippen LogP contribution in [0.4, 0.5) is 0 Å². The molecule has 2 aliphatic rings. The summed E-state index contributed by atoms with van der Waals surface area (Å²) in [6, 6.07) is 5.04. The van der Waals surface area contributed by atoms with E-state index in [0.29, 0.717) is 41.8 Å². The zero-order valence-corrected chi connectivity index (χ0v) is 14.9. The largest absolute Gasteiger partial charge is 0.339 e. The molecule has 1 aromatic rings. The van der Waals surface area contributed by atoms with Crippen molar-refractivity contribution in [2.75, 3.05) is 39.3 Å². The first kappa shape index (κ1) is 17.5. The van der Waals surface area contributed by atoms with Crippen LogP contribution in [0.1, 0.15) is 23.2 Å². The van der Waals surface area contributed by atoms with E-state index in [0.717, 1.165) is 25.9 Å². The number of hydrogen-bond acceptors (Lipinski definition) is 3. The fourth-order valence-corrected chi connectivity index (χ4v) is 3.87. The minimum absolute atomic E-state index is 0.0685. The van der Waals surface area contributed by atoms with E-state index in [2.05, 4.69) is 5.32 Å². The number of carbonyl (C=O) groups is 2. The summed E-state index contributed by atoms with van der Waals surface area (Å²) in [6.45, 7) is 3.88. The highest BCUT2D eigenvalue weighted by atomic mass is 35.5. The number of nitrogens with zero attached hydrogens (tertiary/aromatic N) is 2. The van der Waals surface area contributed by atoms with Gasteiger partial charge in [0.1, 0.15) is 0 Å². The fourth-order valence-electron chi connectivity index (χ4n) is 3.31. The van der Waals surface area contributed by atoms with Crippen molar-refractivity contribution in [3.8, 4) is 0 Å². The number of rotatable bonds is 2. The first-order chi connectivity index (χ1) is 11.6. The molecule has 2 amide bonds. The average Bonchev–Trinajstić information content (AvgIpc) is 2.62. The maximum atomic E-state index is 12.7. The Morgan fingerprint density at radius 3 is 2.25 bits per heavy atom. The third-order valence-electron chi connectivity index (χ3n) is 4.70. The van der Waals surface area contributed by atoms with Gasteiger partial charge in [-0.2, -0.15) is 0 Å². The van der Waals surface area contributed by atoms with Gasteiger partial charge < -0.3 is 15.1 Å². The highest BCUT2D eigenvalue weighted by molar-refractivity contribution is 6.39. The Bertz CT molecular complexity index is 604. The summed E-state index contributed by atoms with van der Waals surface area (Å²) in [6.07, 6.45) is 1.99. The molecule has 1 N–H and O–H groups in total. The smallest absolute Gasteiger partial charge is 0.257 e. The summed E-state index contributed by atoms with van der Waals surface area (Å²) < 4.78 is 0. The number of hydrogen-bond donors (Lipinski definition) is 1. The molecule has 2 heterocycles. The Morgan fingerprint density at radius 2 is 1.67 bits per heavy atom. The Balaban J connectivity index is 1.60. The van der Waals surface area contributed by atoms with Crippen LogP contribution in [-0.4, -0.2) is 60.9 Å². The van der Waals surface area contributed by atoms with E-state index in [-0.39, 0.29) is 17.7 Å². The van der Waals surface area contributed by atoms with Crippen molar-refractivity contribution in [1.82, 2.24) is 15.1 Å². The SMILES string of the molecule is O=C(c1c(Cl)cccc1Cl)N1CCN(C(=O)C2CCCNC2)CC1. The van der Waals surface area contributed by atoms with E-state index in [1.807, 2.05) is 4.90 Å². The van der Waals surface area contributed by atoms with Crippen molar-refractivity contribution in [2.24, 2.45) is 5.92 Å². The molecule has 1 unspecified atom stereocenters. The van der Waals surface area contributed by atoms with Crippen LogP contribution in [0.25, 0.3) is 0 Å². The van der Waals surface area contributed by atoms with Crippen LogP contribution in [0, 0.1) is 5.92 Å². The van der Waals surface area contributed by atoms with Gasteiger partial charge in [0.05, 0.1) is 21.5 Å². The Labute approximate surface area is 151 Å². The van der Waals surface area contributed by atoms with Crippen LogP contribution in [0.3, 0.4) is 0 Å². The molecule has 2 saturated heterocycles. The standard InChI is InChI=1S/C17H21Cl2N3O2/c18-13-4-1-5-14(19)15(13)17(24)22-9-7-21(8-10-22)16(23)12-3-2-6-20-11-12/h1,4-5,12,20H,2-3,6-11H2. The molecule has 130 valence electrons. The summed E-state index contributed by atoms with van der Waals surface area (Å²) in [4.78, 5) is 28.8. The van der Waals surface area contributed by atoms with Crippen LogP contribution >= 0.6 is 23.2 Å². The van der Waals surface area contributed by atoms with Crippen LogP contribution in [-0.2, 0) is 4.79 Å². The predicted octanol–water partition coefficient (Wildman–Crippen LogP) is 2.28. The Kier molecular flexibility index (Phi) is 5.64. The topological polar surface area (TPSA) is 52.7 Å². The van der Waals surface area contributed by atoms with Gasteiger partial charge in [-0.05, 0) is 31.5 Å². The van der Waals surface area contributed by atoms with Gasteiger partial charge >= 0.3 is 0 Å². The lowest BCUT2D eigenvalue weighted by molar-refractivity contribution is -0.137. The van der Waals surface area contributed by atoms with Crippen molar-refractivity contribution in [3.63, 3.8) is 0 Å². The first-order valence-corrected chi connectivity index (χ1v) is 9.06. The van der Waals surface area contributed by atoms with Crippen molar-refractivity contribution in [2.45, 2.75) is 12.8 Å². The van der Waals surface area contributed by atoms with Crippen molar-refractivity contribution < 1.29 is 9.59 Å². The molecule has 0 spiro atoms. The average molecular weight is 370 g/mol. The number of piperazine rings is 1. The third kappa shape index (κ3) is 3.68. The van der Waals surface area contributed by atoms with E-state index >= 15 is 0 Å². The number of nitrogens with one attached hydrogen (secondary N) is 1. The lowest BCUT2D eigenvalue weighted by Gasteiger charge is -2.37. The van der Waals surface area contributed by atoms with E-state index < -0.39 is 0 Å². The van der Waals surface area contributed by atoms with Crippen LogP contribution in [0.2, 0.25) is 10.0 Å². The van der Waals surface area contributed by atoms with Crippen molar-refractivity contribution in [1.29, 1.82) is 0 Å². The molecular weight excluding hydrogens is 349 g/mol. The van der Waals surface area contributed by atoms with Crippen LogP contribution < -0.4 is 5.32 Å². The van der Waals surface area contributed by atoms with Gasteiger partial charge in [-0.3, -0.25) is 9.59 Å². The van der Waals surface area contributed by atoms with Gasteiger partial charge in [-0.1, -0.05) is 29.3 Å². The molecule has 5 nitrogen and oxygen atoms in total. The second-order valence-corrected chi connectivity index (χ2v) is 7.07. The normalized spacial score (nSPS) is 21.7. The molecule has 1 atom stereocenters. The van der Waals surface area contributed by atoms with Crippen LogP contribution in [0.15, 0.2) is 18.2 Å². The molecule has 0 bridgehead atoms. The van der Waals surface area contributed by atoms with E-state index in [9.17, 15) is 9.59 Å². The highest BCUT2D eigenvalue weighted by Gasteiger charge is 2.30.